The Morgan fingerprint density at radius 1 is 1.24 bits per heavy atom. The molecule has 7 heteroatoms. The van der Waals surface area contributed by atoms with Crippen molar-refractivity contribution in [1.29, 1.82) is 0 Å². The van der Waals surface area contributed by atoms with Gasteiger partial charge in [-0.05, 0) is 51.9 Å². The lowest BCUT2D eigenvalue weighted by atomic mass is 10.0. The van der Waals surface area contributed by atoms with E-state index in [1.54, 1.807) is 38.3 Å². The lowest BCUT2D eigenvalue weighted by Gasteiger charge is -2.21. The van der Waals surface area contributed by atoms with Gasteiger partial charge in [-0.2, -0.15) is 0 Å². The van der Waals surface area contributed by atoms with Gasteiger partial charge in [0.05, 0.1) is 13.0 Å². The molecule has 7 nitrogen and oxygen atoms in total. The fourth-order valence-electron chi connectivity index (χ4n) is 3.54. The number of nitrogens with one attached hydrogen (secondary N) is 2. The minimum Gasteiger partial charge on any atom is -0.497 e. The summed E-state index contributed by atoms with van der Waals surface area (Å²) >= 11 is 0. The third kappa shape index (κ3) is 7.85. The number of hydrogen-bond acceptors (Lipinski definition) is 5. The van der Waals surface area contributed by atoms with Crippen LogP contribution < -0.4 is 15.4 Å². The van der Waals surface area contributed by atoms with Gasteiger partial charge in [0.25, 0.3) is 0 Å². The van der Waals surface area contributed by atoms with Crippen molar-refractivity contribution in [1.82, 2.24) is 10.2 Å². The first-order valence-electron chi connectivity index (χ1n) is 10.3. The number of unbranched alkanes of at least 4 members (excludes halogenated alkanes) is 2. The SMILES string of the molecule is COc1cccc(NC(=O)[C@H](CCCCCC(C)=O)NC(=O)C2CCN(C)C2)c1. The molecule has 29 heavy (non-hydrogen) atoms. The van der Waals surface area contributed by atoms with Crippen LogP contribution in [0.3, 0.4) is 0 Å². The molecule has 1 unspecified atom stereocenters. The number of rotatable bonds is 11. The van der Waals surface area contributed by atoms with Crippen molar-refractivity contribution in [3.8, 4) is 5.75 Å². The summed E-state index contributed by atoms with van der Waals surface area (Å²) in [4.78, 5) is 38.7. The summed E-state index contributed by atoms with van der Waals surface area (Å²) in [6, 6.07) is 6.55. The molecule has 2 N–H and O–H groups in total. The molecule has 0 bridgehead atoms. The van der Waals surface area contributed by atoms with Crippen LogP contribution in [0, 0.1) is 5.92 Å². The van der Waals surface area contributed by atoms with Crippen LogP contribution in [-0.4, -0.2) is 55.8 Å². The van der Waals surface area contributed by atoms with Crippen molar-refractivity contribution < 1.29 is 19.1 Å². The Morgan fingerprint density at radius 3 is 2.69 bits per heavy atom. The summed E-state index contributed by atoms with van der Waals surface area (Å²) in [5.74, 6) is 0.454. The molecule has 2 atom stereocenters. The number of likely N-dealkylation sites (tertiary alicyclic amines) is 1. The Bertz CT molecular complexity index is 707. The molecule has 1 heterocycles. The average Bonchev–Trinajstić information content (AvgIpc) is 3.13. The van der Waals surface area contributed by atoms with Crippen LogP contribution in [0.1, 0.15) is 45.4 Å². The molecule has 2 rings (SSSR count). The van der Waals surface area contributed by atoms with Crippen molar-refractivity contribution in [2.75, 3.05) is 32.6 Å². The number of amides is 2. The van der Waals surface area contributed by atoms with Crippen LogP contribution in [0.15, 0.2) is 24.3 Å². The van der Waals surface area contributed by atoms with E-state index in [0.29, 0.717) is 30.8 Å². The molecular weight excluding hydrogens is 370 g/mol. The molecule has 1 saturated heterocycles. The number of anilines is 1. The third-order valence-electron chi connectivity index (χ3n) is 5.25. The number of ether oxygens (including phenoxy) is 1. The zero-order chi connectivity index (χ0) is 21.2. The van der Waals surface area contributed by atoms with E-state index in [0.717, 1.165) is 32.2 Å². The second kappa shape index (κ2) is 11.6. The van der Waals surface area contributed by atoms with Crippen LogP contribution in [0.4, 0.5) is 5.69 Å². The summed E-state index contributed by atoms with van der Waals surface area (Å²) in [5.41, 5.74) is 0.630. The fourth-order valence-corrected chi connectivity index (χ4v) is 3.54. The molecule has 0 aromatic heterocycles. The number of carbonyl (C=O) groups is 3. The Balaban J connectivity index is 1.96. The molecule has 0 radical (unpaired) electrons. The molecule has 0 spiro atoms. The van der Waals surface area contributed by atoms with Crippen molar-refractivity contribution >= 4 is 23.3 Å². The topological polar surface area (TPSA) is 87.7 Å². The predicted molar refractivity (Wildman–Crippen MR) is 113 cm³/mol. The van der Waals surface area contributed by atoms with Gasteiger partial charge in [0.2, 0.25) is 11.8 Å². The molecule has 1 aliphatic heterocycles. The third-order valence-corrected chi connectivity index (χ3v) is 5.25. The van der Waals surface area contributed by atoms with Gasteiger partial charge in [0.1, 0.15) is 17.6 Å². The van der Waals surface area contributed by atoms with E-state index < -0.39 is 6.04 Å². The van der Waals surface area contributed by atoms with E-state index in [1.165, 1.54) is 0 Å². The first kappa shape index (κ1) is 22.9. The highest BCUT2D eigenvalue weighted by molar-refractivity contribution is 5.97. The first-order chi connectivity index (χ1) is 13.9. The van der Waals surface area contributed by atoms with E-state index >= 15 is 0 Å². The molecular formula is C22H33N3O4. The highest BCUT2D eigenvalue weighted by atomic mass is 16.5. The summed E-state index contributed by atoms with van der Waals surface area (Å²) in [5, 5.41) is 5.83. The molecule has 1 fully saturated rings. The van der Waals surface area contributed by atoms with E-state index in [9.17, 15) is 14.4 Å². The minimum atomic E-state index is -0.600. The number of nitrogens with zero attached hydrogens (tertiary/aromatic N) is 1. The van der Waals surface area contributed by atoms with E-state index in [-0.39, 0.29) is 23.5 Å². The summed E-state index contributed by atoms with van der Waals surface area (Å²) in [7, 11) is 3.57. The predicted octanol–water partition coefficient (Wildman–Crippen LogP) is 2.61. The molecule has 160 valence electrons. The minimum absolute atomic E-state index is 0.0659. The number of ketones is 1. The van der Waals surface area contributed by atoms with Gasteiger partial charge in [-0.15, -0.1) is 0 Å². The average molecular weight is 404 g/mol. The van der Waals surface area contributed by atoms with Crippen LogP contribution >= 0.6 is 0 Å². The van der Waals surface area contributed by atoms with Crippen molar-refractivity contribution in [3.63, 3.8) is 0 Å². The van der Waals surface area contributed by atoms with Gasteiger partial charge in [-0.3, -0.25) is 9.59 Å². The summed E-state index contributed by atoms with van der Waals surface area (Å²) < 4.78 is 5.20. The van der Waals surface area contributed by atoms with Gasteiger partial charge in [0, 0.05) is 24.7 Å². The largest absolute Gasteiger partial charge is 0.497 e. The van der Waals surface area contributed by atoms with Gasteiger partial charge < -0.3 is 25.1 Å². The fraction of sp³-hybridized carbons (Fsp3) is 0.591. The second-order valence-corrected chi connectivity index (χ2v) is 7.83. The maximum atomic E-state index is 12.9. The summed E-state index contributed by atoms with van der Waals surface area (Å²) in [6.45, 7) is 3.20. The van der Waals surface area contributed by atoms with Crippen molar-refractivity contribution in [2.24, 2.45) is 5.92 Å². The van der Waals surface area contributed by atoms with Crippen LogP contribution in [-0.2, 0) is 14.4 Å². The van der Waals surface area contributed by atoms with Gasteiger partial charge in [0.15, 0.2) is 0 Å². The molecule has 1 aromatic rings. The van der Waals surface area contributed by atoms with Crippen molar-refractivity contribution in [2.45, 2.75) is 51.5 Å². The van der Waals surface area contributed by atoms with E-state index in [4.69, 9.17) is 4.74 Å². The molecule has 1 aromatic carbocycles. The number of hydrogen-bond donors (Lipinski definition) is 2. The van der Waals surface area contributed by atoms with Crippen LogP contribution in [0.25, 0.3) is 0 Å². The first-order valence-corrected chi connectivity index (χ1v) is 10.3. The Morgan fingerprint density at radius 2 is 2.03 bits per heavy atom. The zero-order valence-corrected chi connectivity index (χ0v) is 17.7. The maximum absolute atomic E-state index is 12.9. The molecule has 1 aliphatic rings. The van der Waals surface area contributed by atoms with Gasteiger partial charge >= 0.3 is 0 Å². The van der Waals surface area contributed by atoms with E-state index in [1.807, 2.05) is 7.05 Å². The number of carbonyl (C=O) groups excluding carboxylic acids is 3. The lowest BCUT2D eigenvalue weighted by Crippen LogP contribution is -2.46. The van der Waals surface area contributed by atoms with Gasteiger partial charge in [-0.25, -0.2) is 0 Å². The number of benzene rings is 1. The smallest absolute Gasteiger partial charge is 0.246 e. The standard InChI is InChI=1S/C22H33N3O4/c1-16(26)8-5-4-6-11-20(24-21(27)17-12-13-25(2)15-17)22(28)23-18-9-7-10-19(14-18)29-3/h7,9-10,14,17,20H,4-6,8,11-13,15H2,1-3H3,(H,23,28)(H,24,27)/t17?,20-/m0/s1. The lowest BCUT2D eigenvalue weighted by molar-refractivity contribution is -0.129. The van der Waals surface area contributed by atoms with Crippen LogP contribution in [0.2, 0.25) is 0 Å². The highest BCUT2D eigenvalue weighted by Crippen LogP contribution is 2.19. The molecule has 2 amide bonds. The van der Waals surface area contributed by atoms with Crippen molar-refractivity contribution in [3.05, 3.63) is 24.3 Å². The summed E-state index contributed by atoms with van der Waals surface area (Å²) in [6.07, 6.45) is 4.34. The van der Waals surface area contributed by atoms with Crippen LogP contribution in [0.5, 0.6) is 5.75 Å². The quantitative estimate of drug-likeness (QED) is 0.555. The van der Waals surface area contributed by atoms with Gasteiger partial charge in [-0.1, -0.05) is 18.9 Å². The second-order valence-electron chi connectivity index (χ2n) is 7.83. The Kier molecular flexibility index (Phi) is 9.12. The Labute approximate surface area is 173 Å². The zero-order valence-electron chi connectivity index (χ0n) is 17.7. The monoisotopic (exact) mass is 403 g/mol. The van der Waals surface area contributed by atoms with E-state index in [2.05, 4.69) is 15.5 Å². The number of Topliss-reactive ketones (excluding diaryl/α,β-unsaturated/α-hetero) is 1. The molecule has 0 saturated carbocycles. The normalized spacial score (nSPS) is 17.6. The number of methoxy groups -OCH3 is 1. The molecule has 0 aliphatic carbocycles. The highest BCUT2D eigenvalue weighted by Gasteiger charge is 2.29. The Hall–Kier alpha value is -2.41. The maximum Gasteiger partial charge on any atom is 0.246 e.